The van der Waals surface area contributed by atoms with Crippen molar-refractivity contribution in [3.05, 3.63) is 0 Å². The maximum atomic E-state index is 6.09. The minimum Gasteiger partial charge on any atom is -0.403 e. The fraction of sp³-hybridized carbons (Fsp3) is 1.00. The van der Waals surface area contributed by atoms with Crippen molar-refractivity contribution >= 4 is 37.3 Å². The van der Waals surface area contributed by atoms with Crippen LogP contribution in [0.15, 0.2) is 0 Å². The van der Waals surface area contributed by atoms with Crippen LogP contribution in [0.5, 0.6) is 0 Å². The van der Waals surface area contributed by atoms with Gasteiger partial charge in [-0.15, -0.1) is 0 Å². The Labute approximate surface area is 270 Å². The lowest BCUT2D eigenvalue weighted by Gasteiger charge is -2.32. The zero-order chi connectivity index (χ0) is 33.1. The first-order chi connectivity index (χ1) is 18.8. The normalized spacial score (nSPS) is 26.7. The molecule has 1 unspecified atom stereocenters. The topological polar surface area (TPSA) is 55.4 Å². The molecule has 3 aliphatic rings. The van der Waals surface area contributed by atoms with E-state index in [9.17, 15) is 0 Å². The maximum Gasteiger partial charge on any atom is 0.460 e. The lowest BCUT2D eigenvalue weighted by atomic mass is 9.53. The molecule has 3 rings (SSSR count). The SMILES string of the molecule is CC(B1OC(C)(C)C(C)(C)O1)B1OC(C)(C)C(C)(C)O1.CC[C@H](C)CBr.CC[C@H](C)CC(C)B1OC(C)(C)C(C)(C)O1. The van der Waals surface area contributed by atoms with Gasteiger partial charge < -0.3 is 27.9 Å². The lowest BCUT2D eigenvalue weighted by molar-refractivity contribution is 0.00578. The average Bonchev–Trinajstić information content (AvgIpc) is 3.32. The smallest absolute Gasteiger partial charge is 0.403 e. The molecular weight excluding hydrogens is 593 g/mol. The molecule has 0 saturated carbocycles. The highest BCUT2D eigenvalue weighted by atomic mass is 79.9. The van der Waals surface area contributed by atoms with Crippen LogP contribution in [0.2, 0.25) is 11.5 Å². The molecule has 0 N–H and O–H groups in total. The molecule has 3 heterocycles. The second-order valence-corrected chi connectivity index (χ2v) is 16.8. The van der Waals surface area contributed by atoms with Gasteiger partial charge in [-0.2, -0.15) is 0 Å². The van der Waals surface area contributed by atoms with Gasteiger partial charge in [-0.05, 0) is 107 Å². The molecule has 246 valence electrons. The van der Waals surface area contributed by atoms with Gasteiger partial charge in [-0.3, -0.25) is 0 Å². The fourth-order valence-corrected chi connectivity index (χ4v) is 4.94. The van der Waals surface area contributed by atoms with E-state index < -0.39 is 0 Å². The highest BCUT2D eigenvalue weighted by Crippen LogP contribution is 2.45. The van der Waals surface area contributed by atoms with Gasteiger partial charge in [0, 0.05) is 11.0 Å². The summed E-state index contributed by atoms with van der Waals surface area (Å²) in [4.78, 5) is 0. The van der Waals surface area contributed by atoms with E-state index in [0.29, 0.717) is 5.82 Å². The first-order valence-electron chi connectivity index (χ1n) is 16.4. The first-order valence-corrected chi connectivity index (χ1v) is 17.5. The van der Waals surface area contributed by atoms with Crippen molar-refractivity contribution in [2.24, 2.45) is 11.8 Å². The molecule has 3 atom stereocenters. The van der Waals surface area contributed by atoms with Crippen LogP contribution in [0.4, 0.5) is 0 Å². The van der Waals surface area contributed by atoms with Crippen molar-refractivity contribution < 1.29 is 27.9 Å². The Morgan fingerprint density at radius 2 is 0.738 bits per heavy atom. The summed E-state index contributed by atoms with van der Waals surface area (Å²) in [6, 6.07) is 0. The van der Waals surface area contributed by atoms with Gasteiger partial charge in [0.05, 0.1) is 33.6 Å². The minimum absolute atomic E-state index is 0.0112. The molecule has 3 fully saturated rings. The third kappa shape index (κ3) is 9.97. The van der Waals surface area contributed by atoms with Gasteiger partial charge in [0.1, 0.15) is 0 Å². The number of hydrogen-bond donors (Lipinski definition) is 0. The predicted octanol–water partition coefficient (Wildman–Crippen LogP) is 9.43. The van der Waals surface area contributed by atoms with E-state index in [2.05, 4.69) is 141 Å². The first kappa shape index (κ1) is 40.5. The predicted molar refractivity (Wildman–Crippen MR) is 184 cm³/mol. The average molecular weight is 659 g/mol. The molecule has 0 amide bonds. The summed E-state index contributed by atoms with van der Waals surface area (Å²) < 4.78 is 36.5. The van der Waals surface area contributed by atoms with Gasteiger partial charge in [-0.1, -0.05) is 70.3 Å². The van der Waals surface area contributed by atoms with Crippen molar-refractivity contribution in [2.75, 3.05) is 5.33 Å². The molecule has 0 radical (unpaired) electrons. The van der Waals surface area contributed by atoms with E-state index in [1.165, 1.54) is 19.3 Å². The number of alkyl halides is 1. The van der Waals surface area contributed by atoms with Crippen LogP contribution in [0.3, 0.4) is 0 Å². The molecule has 0 aromatic rings. The summed E-state index contributed by atoms with van der Waals surface area (Å²) in [6.45, 7) is 38.2. The van der Waals surface area contributed by atoms with Crippen molar-refractivity contribution in [3.63, 3.8) is 0 Å². The lowest BCUT2D eigenvalue weighted by Crippen LogP contribution is -2.41. The fourth-order valence-electron chi connectivity index (χ4n) is 4.48. The second kappa shape index (κ2) is 14.9. The van der Waals surface area contributed by atoms with Crippen LogP contribution >= 0.6 is 15.9 Å². The molecule has 0 bridgehead atoms. The van der Waals surface area contributed by atoms with Crippen LogP contribution in [0, 0.1) is 11.8 Å². The number of halogens is 1. The van der Waals surface area contributed by atoms with E-state index >= 15 is 0 Å². The molecule has 0 spiro atoms. The molecular formula is C32H66B3BrO6. The van der Waals surface area contributed by atoms with Crippen molar-refractivity contribution in [3.8, 4) is 0 Å². The molecule has 0 aromatic carbocycles. The summed E-state index contributed by atoms with van der Waals surface area (Å²) in [5, 5.41) is 1.14. The Morgan fingerprint density at radius 3 is 0.952 bits per heavy atom. The molecule has 3 aliphatic heterocycles. The third-order valence-corrected chi connectivity index (χ3v) is 11.7. The van der Waals surface area contributed by atoms with Gasteiger partial charge in [-0.25, -0.2) is 0 Å². The van der Waals surface area contributed by atoms with E-state index in [1.54, 1.807) is 0 Å². The van der Waals surface area contributed by atoms with E-state index in [0.717, 1.165) is 17.2 Å². The Morgan fingerprint density at radius 1 is 0.476 bits per heavy atom. The van der Waals surface area contributed by atoms with Crippen LogP contribution in [0.1, 0.15) is 144 Å². The van der Waals surface area contributed by atoms with Crippen molar-refractivity contribution in [1.82, 2.24) is 0 Å². The molecule has 3 saturated heterocycles. The zero-order valence-electron chi connectivity index (χ0n) is 30.7. The second-order valence-electron chi connectivity index (χ2n) is 16.1. The number of rotatable bonds is 8. The Kier molecular flexibility index (Phi) is 14.4. The Balaban J connectivity index is 0.000000359. The summed E-state index contributed by atoms with van der Waals surface area (Å²) in [5.74, 6) is 2.06. The molecule has 42 heavy (non-hydrogen) atoms. The standard InChI is InChI=1S/C14H28B2O4.C13H27BO2.C5H11Br/c1-10(15-17-11(2,3)12(4,5)18-15)16-19-13(6,7)14(8,9)20-16;1-8-10(2)9-11(3)14-15-12(4,5)13(6,7)16-14;1-3-5(2)4-6/h10H,1-9H3;10-11H,8-9H2,1-7H3;5H,3-4H2,1-2H3/t;10-,11?;5-/m.00/s1. The number of hydrogen-bond acceptors (Lipinski definition) is 6. The summed E-state index contributed by atoms with van der Waals surface area (Å²) >= 11 is 3.37. The van der Waals surface area contributed by atoms with E-state index in [4.69, 9.17) is 27.9 Å². The van der Waals surface area contributed by atoms with Crippen LogP contribution in [-0.2, 0) is 27.9 Å². The van der Waals surface area contributed by atoms with Crippen molar-refractivity contribution in [2.45, 2.75) is 189 Å². The highest BCUT2D eigenvalue weighted by molar-refractivity contribution is 9.09. The van der Waals surface area contributed by atoms with Crippen LogP contribution in [-0.4, -0.2) is 60.3 Å². The Bertz CT molecular complexity index is 747. The summed E-state index contributed by atoms with van der Waals surface area (Å²) in [7, 11) is -0.664. The van der Waals surface area contributed by atoms with Crippen LogP contribution in [0.25, 0.3) is 0 Å². The van der Waals surface area contributed by atoms with Gasteiger partial charge in [0.25, 0.3) is 0 Å². The van der Waals surface area contributed by atoms with E-state index in [1.807, 2.05) is 0 Å². The molecule has 0 aromatic heterocycles. The molecule has 6 nitrogen and oxygen atoms in total. The van der Waals surface area contributed by atoms with Crippen molar-refractivity contribution in [1.29, 1.82) is 0 Å². The monoisotopic (exact) mass is 658 g/mol. The molecule has 10 heteroatoms. The highest BCUT2D eigenvalue weighted by Gasteiger charge is 2.60. The van der Waals surface area contributed by atoms with Gasteiger partial charge >= 0.3 is 21.4 Å². The third-order valence-electron chi connectivity index (χ3n) is 10.6. The summed E-state index contributed by atoms with van der Waals surface area (Å²) in [5.41, 5.74) is -1.67. The van der Waals surface area contributed by atoms with E-state index in [-0.39, 0.29) is 60.7 Å². The molecule has 0 aliphatic carbocycles. The Hall–Kier alpha value is 0.435. The maximum absolute atomic E-state index is 6.09. The summed E-state index contributed by atoms with van der Waals surface area (Å²) in [6.07, 6.45) is 3.68. The van der Waals surface area contributed by atoms with Gasteiger partial charge in [0.15, 0.2) is 0 Å². The van der Waals surface area contributed by atoms with Gasteiger partial charge in [0.2, 0.25) is 0 Å². The van der Waals surface area contributed by atoms with Crippen LogP contribution < -0.4 is 0 Å². The zero-order valence-corrected chi connectivity index (χ0v) is 32.3. The minimum atomic E-state index is -0.324. The largest absolute Gasteiger partial charge is 0.460 e. The quantitative estimate of drug-likeness (QED) is 0.191.